The highest BCUT2D eigenvalue weighted by Crippen LogP contribution is 2.23. The number of hydrogen-bond donors (Lipinski definition) is 2. The lowest BCUT2D eigenvalue weighted by atomic mass is 10.1. The molecule has 0 amide bonds. The normalized spacial score (nSPS) is 11.7. The number of methoxy groups -OCH3 is 1. The van der Waals surface area contributed by atoms with Gasteiger partial charge in [-0.2, -0.15) is 18.6 Å². The second-order valence-electron chi connectivity index (χ2n) is 6.05. The Kier molecular flexibility index (Phi) is 5.27. The number of aromatic amines is 1. The molecule has 0 radical (unpaired) electrons. The van der Waals surface area contributed by atoms with Crippen molar-refractivity contribution in [2.45, 2.75) is 18.7 Å². The summed E-state index contributed by atoms with van der Waals surface area (Å²) in [4.78, 5) is 2.47. The Morgan fingerprint density at radius 2 is 1.89 bits per heavy atom. The first-order valence-electron chi connectivity index (χ1n) is 8.20. The Bertz CT molecular complexity index is 1070. The van der Waals surface area contributed by atoms with Gasteiger partial charge in [-0.15, -0.1) is 0 Å². The van der Waals surface area contributed by atoms with Crippen LogP contribution in [0.4, 0.5) is 0 Å². The number of sulfonamides is 1. The molecule has 0 saturated heterocycles. The van der Waals surface area contributed by atoms with E-state index in [0.717, 1.165) is 22.6 Å². The Balaban J connectivity index is 1.81. The van der Waals surface area contributed by atoms with Crippen LogP contribution in [0.15, 0.2) is 58.7 Å². The maximum absolute atomic E-state index is 12.5. The molecular weight excluding hydrogens is 364 g/mol. The van der Waals surface area contributed by atoms with E-state index in [1.54, 1.807) is 32.4 Å². The summed E-state index contributed by atoms with van der Waals surface area (Å²) in [5.41, 5.74) is 3.79. The van der Waals surface area contributed by atoms with Gasteiger partial charge in [0.2, 0.25) is 0 Å². The number of nitrogens with one attached hydrogen (secondary N) is 2. The fraction of sp³-hybridized carbons (Fsp3) is 0.158. The number of hydrazone groups is 1. The SMILES string of the molecule is COc1ccc(-c2[nH]ncc2/C=N/NS(=O)(=O)c2cc(C)ccc2C)cc1. The first kappa shape index (κ1) is 18.7. The molecule has 2 N–H and O–H groups in total. The van der Waals surface area contributed by atoms with Crippen LogP contribution in [0, 0.1) is 13.8 Å². The quantitative estimate of drug-likeness (QED) is 0.504. The fourth-order valence-electron chi connectivity index (χ4n) is 2.59. The number of hydrogen-bond acceptors (Lipinski definition) is 5. The van der Waals surface area contributed by atoms with Gasteiger partial charge < -0.3 is 4.74 Å². The Morgan fingerprint density at radius 1 is 1.15 bits per heavy atom. The van der Waals surface area contributed by atoms with Crippen LogP contribution >= 0.6 is 0 Å². The van der Waals surface area contributed by atoms with Crippen molar-refractivity contribution < 1.29 is 13.2 Å². The van der Waals surface area contributed by atoms with Crippen LogP contribution in [0.1, 0.15) is 16.7 Å². The van der Waals surface area contributed by atoms with Crippen LogP contribution in [0.2, 0.25) is 0 Å². The summed E-state index contributed by atoms with van der Waals surface area (Å²) in [6.45, 7) is 3.59. The molecule has 0 aliphatic heterocycles. The molecule has 0 aliphatic carbocycles. The molecule has 0 bridgehead atoms. The summed E-state index contributed by atoms with van der Waals surface area (Å²) in [5, 5.41) is 10.8. The van der Waals surface area contributed by atoms with Gasteiger partial charge in [0.05, 0.1) is 30.1 Å². The van der Waals surface area contributed by atoms with Crippen LogP contribution in [0.25, 0.3) is 11.3 Å². The minimum Gasteiger partial charge on any atom is -0.497 e. The lowest BCUT2D eigenvalue weighted by Gasteiger charge is -2.07. The second kappa shape index (κ2) is 7.63. The molecule has 0 saturated carbocycles. The van der Waals surface area contributed by atoms with Crippen molar-refractivity contribution in [3.8, 4) is 17.0 Å². The van der Waals surface area contributed by atoms with E-state index in [9.17, 15) is 8.42 Å². The van der Waals surface area contributed by atoms with Crippen molar-refractivity contribution in [1.29, 1.82) is 0 Å². The average Bonchev–Trinajstić information content (AvgIpc) is 3.12. The number of nitrogens with zero attached hydrogens (tertiary/aromatic N) is 2. The largest absolute Gasteiger partial charge is 0.497 e. The van der Waals surface area contributed by atoms with Crippen molar-refractivity contribution in [2.24, 2.45) is 5.10 Å². The average molecular weight is 384 g/mol. The molecule has 1 heterocycles. The smallest absolute Gasteiger partial charge is 0.276 e. The van der Waals surface area contributed by atoms with E-state index in [-0.39, 0.29) is 4.90 Å². The van der Waals surface area contributed by atoms with E-state index < -0.39 is 10.0 Å². The van der Waals surface area contributed by atoms with Gasteiger partial charge >= 0.3 is 0 Å². The molecule has 0 atom stereocenters. The molecular formula is C19H20N4O3S. The van der Waals surface area contributed by atoms with Gasteiger partial charge in [0.15, 0.2) is 0 Å². The van der Waals surface area contributed by atoms with Crippen molar-refractivity contribution in [1.82, 2.24) is 15.0 Å². The first-order valence-corrected chi connectivity index (χ1v) is 9.69. The summed E-state index contributed by atoms with van der Waals surface area (Å²) >= 11 is 0. The summed E-state index contributed by atoms with van der Waals surface area (Å²) in [6.07, 6.45) is 3.00. The van der Waals surface area contributed by atoms with E-state index in [1.165, 1.54) is 6.21 Å². The van der Waals surface area contributed by atoms with Crippen molar-refractivity contribution in [2.75, 3.05) is 7.11 Å². The molecule has 0 spiro atoms. The molecule has 0 aliphatic rings. The van der Waals surface area contributed by atoms with Gasteiger partial charge in [-0.3, -0.25) is 5.10 Å². The summed E-state index contributed by atoms with van der Waals surface area (Å²) in [7, 11) is -2.15. The van der Waals surface area contributed by atoms with E-state index in [1.807, 2.05) is 37.3 Å². The topological polar surface area (TPSA) is 96.4 Å². The monoisotopic (exact) mass is 384 g/mol. The number of aromatic nitrogens is 2. The lowest BCUT2D eigenvalue weighted by molar-refractivity contribution is 0.415. The molecule has 27 heavy (non-hydrogen) atoms. The Hall–Kier alpha value is -3.13. The molecule has 8 heteroatoms. The van der Waals surface area contributed by atoms with Crippen LogP contribution in [-0.4, -0.2) is 31.9 Å². The van der Waals surface area contributed by atoms with Crippen molar-refractivity contribution in [3.63, 3.8) is 0 Å². The van der Waals surface area contributed by atoms with Gasteiger partial charge in [0.1, 0.15) is 5.75 Å². The maximum atomic E-state index is 12.5. The Labute approximate surface area is 158 Å². The van der Waals surface area contributed by atoms with Gasteiger partial charge in [0, 0.05) is 11.1 Å². The number of benzene rings is 2. The third-order valence-corrected chi connectivity index (χ3v) is 5.42. The van der Waals surface area contributed by atoms with Crippen molar-refractivity contribution >= 4 is 16.2 Å². The van der Waals surface area contributed by atoms with Gasteiger partial charge in [-0.1, -0.05) is 12.1 Å². The molecule has 7 nitrogen and oxygen atoms in total. The number of H-pyrrole nitrogens is 1. The highest BCUT2D eigenvalue weighted by Gasteiger charge is 2.16. The van der Waals surface area contributed by atoms with Gasteiger partial charge in [0.25, 0.3) is 10.0 Å². The Morgan fingerprint density at radius 3 is 2.59 bits per heavy atom. The maximum Gasteiger partial charge on any atom is 0.276 e. The molecule has 3 aromatic rings. The van der Waals surface area contributed by atoms with E-state index in [2.05, 4.69) is 20.1 Å². The zero-order valence-corrected chi connectivity index (χ0v) is 16.0. The van der Waals surface area contributed by atoms with Crippen LogP contribution in [0.3, 0.4) is 0 Å². The number of rotatable bonds is 6. The number of ether oxygens (including phenoxy) is 1. The number of aryl methyl sites for hydroxylation is 2. The van der Waals surface area contributed by atoms with E-state index in [4.69, 9.17) is 4.74 Å². The molecule has 0 unspecified atom stereocenters. The summed E-state index contributed by atoms with van der Waals surface area (Å²) in [6, 6.07) is 12.7. The minimum absolute atomic E-state index is 0.210. The van der Waals surface area contributed by atoms with Crippen LogP contribution < -0.4 is 9.57 Å². The lowest BCUT2D eigenvalue weighted by Crippen LogP contribution is -2.19. The zero-order chi connectivity index (χ0) is 19.4. The van der Waals surface area contributed by atoms with Gasteiger partial charge in [-0.25, -0.2) is 4.83 Å². The van der Waals surface area contributed by atoms with Crippen LogP contribution in [-0.2, 0) is 10.0 Å². The highest BCUT2D eigenvalue weighted by molar-refractivity contribution is 7.89. The molecule has 140 valence electrons. The first-order chi connectivity index (χ1) is 12.9. The predicted molar refractivity (Wildman–Crippen MR) is 104 cm³/mol. The fourth-order valence-corrected chi connectivity index (χ4v) is 3.72. The standard InChI is InChI=1S/C19H20N4O3S/c1-13-4-5-14(2)18(10-13)27(24,25)23-21-12-16-11-20-22-19(16)15-6-8-17(26-3)9-7-15/h4-12,23H,1-3H3,(H,20,22)/b21-12+. The highest BCUT2D eigenvalue weighted by atomic mass is 32.2. The molecule has 3 rings (SSSR count). The summed E-state index contributed by atoms with van der Waals surface area (Å²) < 4.78 is 30.1. The zero-order valence-electron chi connectivity index (χ0n) is 15.2. The van der Waals surface area contributed by atoms with E-state index >= 15 is 0 Å². The summed E-state index contributed by atoms with van der Waals surface area (Å²) in [5.74, 6) is 0.745. The van der Waals surface area contributed by atoms with Gasteiger partial charge in [-0.05, 0) is 55.3 Å². The molecule has 1 aromatic heterocycles. The predicted octanol–water partition coefficient (Wildman–Crippen LogP) is 3.01. The van der Waals surface area contributed by atoms with E-state index in [0.29, 0.717) is 11.1 Å². The van der Waals surface area contributed by atoms with Crippen molar-refractivity contribution in [3.05, 3.63) is 65.4 Å². The molecule has 0 fully saturated rings. The van der Waals surface area contributed by atoms with Crippen LogP contribution in [0.5, 0.6) is 5.75 Å². The minimum atomic E-state index is -3.75. The third-order valence-electron chi connectivity index (χ3n) is 4.06. The second-order valence-corrected chi connectivity index (χ2v) is 7.68. The molecule has 2 aromatic carbocycles. The third kappa shape index (κ3) is 4.17.